The van der Waals surface area contributed by atoms with E-state index >= 15 is 0 Å². The van der Waals surface area contributed by atoms with E-state index in [-0.39, 0.29) is 17.6 Å². The molecule has 2 N–H and O–H groups in total. The van der Waals surface area contributed by atoms with E-state index in [1.807, 2.05) is 43.3 Å². The highest BCUT2D eigenvalue weighted by molar-refractivity contribution is 5.89. The minimum Gasteiger partial charge on any atom is -0.507 e. The first-order valence-electron chi connectivity index (χ1n) is 8.27. The molecule has 3 rings (SSSR count). The first-order chi connectivity index (χ1) is 12.6. The van der Waals surface area contributed by atoms with Crippen LogP contribution in [0.2, 0.25) is 0 Å². The van der Waals surface area contributed by atoms with Crippen LogP contribution in [0.1, 0.15) is 24.0 Å². The molecule has 0 bridgehead atoms. The fourth-order valence-electron chi connectivity index (χ4n) is 2.65. The summed E-state index contributed by atoms with van der Waals surface area (Å²) in [4.78, 5) is 12.3. The van der Waals surface area contributed by atoms with Gasteiger partial charge in [0, 0.05) is 5.56 Å². The molecule has 0 fully saturated rings. The Hall–Kier alpha value is -3.34. The Morgan fingerprint density at radius 3 is 2.62 bits per heavy atom. The van der Waals surface area contributed by atoms with Crippen molar-refractivity contribution in [1.82, 2.24) is 5.43 Å². The van der Waals surface area contributed by atoms with Gasteiger partial charge in [-0.15, -0.1) is 0 Å². The molecule has 0 saturated heterocycles. The second kappa shape index (κ2) is 7.70. The number of benzene rings is 3. The van der Waals surface area contributed by atoms with Gasteiger partial charge in [-0.25, -0.2) is 5.43 Å². The van der Waals surface area contributed by atoms with Crippen LogP contribution >= 0.6 is 0 Å². The number of methoxy groups -OCH3 is 1. The summed E-state index contributed by atoms with van der Waals surface area (Å²) in [6, 6.07) is 18.5. The Kier molecular flexibility index (Phi) is 5.17. The summed E-state index contributed by atoms with van der Waals surface area (Å²) in [7, 11) is 1.64. The molecule has 0 aliphatic rings. The molecule has 1 amide bonds. The first kappa shape index (κ1) is 17.5. The zero-order valence-corrected chi connectivity index (χ0v) is 14.6. The molecule has 1 atom stereocenters. The molecule has 5 heteroatoms. The number of rotatable bonds is 5. The second-order valence-electron chi connectivity index (χ2n) is 5.99. The quantitative estimate of drug-likeness (QED) is 0.544. The van der Waals surface area contributed by atoms with Crippen molar-refractivity contribution >= 4 is 22.9 Å². The third-order valence-electron chi connectivity index (χ3n) is 4.28. The molecule has 3 aromatic carbocycles. The topological polar surface area (TPSA) is 70.9 Å². The number of para-hydroxylation sites is 1. The molecule has 0 aliphatic carbocycles. The smallest absolute Gasteiger partial charge is 0.247 e. The maximum atomic E-state index is 12.3. The summed E-state index contributed by atoms with van der Waals surface area (Å²) in [5.41, 5.74) is 3.96. The van der Waals surface area contributed by atoms with E-state index in [0.717, 1.165) is 22.1 Å². The number of phenols is 1. The van der Waals surface area contributed by atoms with Crippen LogP contribution in [0.5, 0.6) is 11.5 Å². The van der Waals surface area contributed by atoms with Crippen LogP contribution in [-0.2, 0) is 4.79 Å². The largest absolute Gasteiger partial charge is 0.507 e. The number of nitrogens with one attached hydrogen (secondary N) is 1. The highest BCUT2D eigenvalue weighted by atomic mass is 16.5. The highest BCUT2D eigenvalue weighted by Gasteiger charge is 2.15. The molecule has 0 radical (unpaired) electrons. The number of fused-ring (bicyclic) bond motifs is 1. The first-order valence-corrected chi connectivity index (χ1v) is 8.27. The highest BCUT2D eigenvalue weighted by Crippen LogP contribution is 2.25. The number of phenolic OH excluding ortho intramolecular Hbond substituents is 1. The molecule has 0 heterocycles. The van der Waals surface area contributed by atoms with Crippen LogP contribution in [0.4, 0.5) is 0 Å². The van der Waals surface area contributed by atoms with Crippen molar-refractivity contribution in [3.8, 4) is 11.5 Å². The normalized spacial score (nSPS) is 12.2. The van der Waals surface area contributed by atoms with Gasteiger partial charge in [-0.1, -0.05) is 36.4 Å². The van der Waals surface area contributed by atoms with Crippen molar-refractivity contribution in [2.45, 2.75) is 12.8 Å². The summed E-state index contributed by atoms with van der Waals surface area (Å²) in [5, 5.41) is 15.7. The number of hydrogen-bond acceptors (Lipinski definition) is 4. The molecule has 3 aromatic rings. The van der Waals surface area contributed by atoms with Crippen molar-refractivity contribution in [2.24, 2.45) is 5.10 Å². The van der Waals surface area contributed by atoms with Crippen molar-refractivity contribution < 1.29 is 14.6 Å². The number of nitrogens with zero attached hydrogens (tertiary/aromatic N) is 1. The van der Waals surface area contributed by atoms with Gasteiger partial charge in [0.25, 0.3) is 0 Å². The third-order valence-corrected chi connectivity index (χ3v) is 4.28. The van der Waals surface area contributed by atoms with E-state index in [0.29, 0.717) is 5.56 Å². The van der Waals surface area contributed by atoms with E-state index in [4.69, 9.17) is 4.74 Å². The van der Waals surface area contributed by atoms with Gasteiger partial charge in [0.15, 0.2) is 0 Å². The lowest BCUT2D eigenvalue weighted by molar-refractivity contribution is -0.122. The Labute approximate surface area is 151 Å². The van der Waals surface area contributed by atoms with Crippen LogP contribution in [-0.4, -0.2) is 24.3 Å². The van der Waals surface area contributed by atoms with Gasteiger partial charge in [0.2, 0.25) is 5.91 Å². The van der Waals surface area contributed by atoms with Gasteiger partial charge in [0.1, 0.15) is 11.5 Å². The van der Waals surface area contributed by atoms with E-state index in [9.17, 15) is 9.90 Å². The van der Waals surface area contributed by atoms with Crippen molar-refractivity contribution in [2.75, 3.05) is 7.11 Å². The van der Waals surface area contributed by atoms with Crippen LogP contribution < -0.4 is 10.2 Å². The minimum absolute atomic E-state index is 0.114. The van der Waals surface area contributed by atoms with Crippen LogP contribution in [0, 0.1) is 0 Å². The number of hydrogen-bond donors (Lipinski definition) is 2. The fraction of sp³-hybridized carbons (Fsp3) is 0.143. The van der Waals surface area contributed by atoms with Crippen molar-refractivity contribution in [3.63, 3.8) is 0 Å². The number of carbonyl (C=O) groups excluding carboxylic acids is 1. The standard InChI is InChI=1S/C21H20N2O3/c1-14(21(25)23-22-13-18-5-3-4-6-20(18)24)15-7-8-17-12-19(26-2)10-9-16(17)11-15/h3-14,24H,1-2H3,(H,23,25)/b22-13-/t14-/m0/s1. The van der Waals surface area contributed by atoms with Crippen LogP contribution in [0.25, 0.3) is 10.8 Å². The number of amides is 1. The van der Waals surface area contributed by atoms with Gasteiger partial charge in [-0.05, 0) is 47.5 Å². The van der Waals surface area contributed by atoms with E-state index < -0.39 is 0 Å². The number of aromatic hydroxyl groups is 1. The lowest BCUT2D eigenvalue weighted by Gasteiger charge is -2.11. The van der Waals surface area contributed by atoms with Crippen molar-refractivity contribution in [1.29, 1.82) is 0 Å². The molecule has 0 aliphatic heterocycles. The van der Waals surface area contributed by atoms with E-state index in [2.05, 4.69) is 10.5 Å². The molecule has 26 heavy (non-hydrogen) atoms. The molecule has 0 unspecified atom stereocenters. The van der Waals surface area contributed by atoms with Crippen LogP contribution in [0.15, 0.2) is 65.8 Å². The number of hydrazone groups is 1. The van der Waals surface area contributed by atoms with Gasteiger partial charge in [0.05, 0.1) is 19.2 Å². The maximum absolute atomic E-state index is 12.3. The summed E-state index contributed by atoms with van der Waals surface area (Å²) in [5.74, 6) is 0.339. The lowest BCUT2D eigenvalue weighted by Crippen LogP contribution is -2.23. The van der Waals surface area contributed by atoms with Gasteiger partial charge >= 0.3 is 0 Å². The van der Waals surface area contributed by atoms with Gasteiger partial charge in [-0.3, -0.25) is 4.79 Å². The summed E-state index contributed by atoms with van der Waals surface area (Å²) < 4.78 is 5.23. The SMILES string of the molecule is COc1ccc2cc([C@H](C)C(=O)N/N=C\c3ccccc3O)ccc2c1. The van der Waals surface area contributed by atoms with Gasteiger partial charge < -0.3 is 9.84 Å². The number of carbonyl (C=O) groups is 1. The van der Waals surface area contributed by atoms with Crippen LogP contribution in [0.3, 0.4) is 0 Å². The molecule has 0 saturated carbocycles. The average molecular weight is 348 g/mol. The molecule has 0 aromatic heterocycles. The predicted octanol–water partition coefficient (Wildman–Crippen LogP) is 3.81. The Bertz CT molecular complexity index is 966. The van der Waals surface area contributed by atoms with Crippen molar-refractivity contribution in [3.05, 3.63) is 71.8 Å². The van der Waals surface area contributed by atoms with E-state index in [1.54, 1.807) is 31.4 Å². The predicted molar refractivity (Wildman–Crippen MR) is 103 cm³/mol. The lowest BCUT2D eigenvalue weighted by atomic mass is 9.97. The summed E-state index contributed by atoms with van der Waals surface area (Å²) in [6.07, 6.45) is 1.42. The molecule has 132 valence electrons. The summed E-state index contributed by atoms with van der Waals surface area (Å²) in [6.45, 7) is 1.83. The molecule has 5 nitrogen and oxygen atoms in total. The maximum Gasteiger partial charge on any atom is 0.247 e. The average Bonchev–Trinajstić information content (AvgIpc) is 2.67. The van der Waals surface area contributed by atoms with Gasteiger partial charge in [-0.2, -0.15) is 5.10 Å². The minimum atomic E-state index is -0.358. The zero-order chi connectivity index (χ0) is 18.5. The molecule has 0 spiro atoms. The monoisotopic (exact) mass is 348 g/mol. The Morgan fingerprint density at radius 2 is 1.85 bits per heavy atom. The third kappa shape index (κ3) is 3.83. The number of ether oxygens (including phenoxy) is 1. The van der Waals surface area contributed by atoms with E-state index in [1.165, 1.54) is 6.21 Å². The Balaban J connectivity index is 1.72. The molecular formula is C21H20N2O3. The zero-order valence-electron chi connectivity index (χ0n) is 14.6. The Morgan fingerprint density at radius 1 is 1.12 bits per heavy atom. The molecular weight excluding hydrogens is 328 g/mol. The second-order valence-corrected chi connectivity index (χ2v) is 5.99. The fourth-order valence-corrected chi connectivity index (χ4v) is 2.65. The summed E-state index contributed by atoms with van der Waals surface area (Å²) >= 11 is 0.